The number of carbonyl (C=O) groups excluding carboxylic acids is 4. The summed E-state index contributed by atoms with van der Waals surface area (Å²) in [5.41, 5.74) is 0.341. The third-order valence-corrected chi connectivity index (χ3v) is 5.43. The molecule has 0 bridgehead atoms. The van der Waals surface area contributed by atoms with Gasteiger partial charge in [0.1, 0.15) is 17.9 Å². The van der Waals surface area contributed by atoms with Crippen LogP contribution in [-0.2, 0) is 9.59 Å². The van der Waals surface area contributed by atoms with Gasteiger partial charge in [-0.2, -0.15) is 0 Å². The van der Waals surface area contributed by atoms with Crippen molar-refractivity contribution in [3.05, 3.63) is 29.3 Å². The summed E-state index contributed by atoms with van der Waals surface area (Å²) in [6.45, 7) is 0.733. The van der Waals surface area contributed by atoms with Crippen LogP contribution >= 0.6 is 0 Å². The molecule has 10 heteroatoms. The Morgan fingerprint density at radius 1 is 1.03 bits per heavy atom. The van der Waals surface area contributed by atoms with Crippen molar-refractivity contribution in [3.63, 3.8) is 0 Å². The summed E-state index contributed by atoms with van der Waals surface area (Å²) < 4.78 is 5.88. The molecule has 1 aromatic carbocycles. The fraction of sp³-hybridized carbons (Fsp3) is 0.421. The van der Waals surface area contributed by atoms with Gasteiger partial charge in [0.05, 0.1) is 11.1 Å². The van der Waals surface area contributed by atoms with Gasteiger partial charge in [-0.05, 0) is 24.6 Å². The summed E-state index contributed by atoms with van der Waals surface area (Å²) in [4.78, 5) is 62.1. The van der Waals surface area contributed by atoms with Crippen LogP contribution in [0.2, 0.25) is 0 Å². The Morgan fingerprint density at radius 3 is 2.38 bits per heavy atom. The van der Waals surface area contributed by atoms with Crippen molar-refractivity contribution in [3.8, 4) is 5.75 Å². The van der Waals surface area contributed by atoms with Gasteiger partial charge >= 0.3 is 6.09 Å². The number of carboxylic acid groups (broad SMARTS) is 1. The fourth-order valence-corrected chi connectivity index (χ4v) is 3.88. The van der Waals surface area contributed by atoms with Gasteiger partial charge in [0, 0.05) is 32.4 Å². The average Bonchev–Trinajstić information content (AvgIpc) is 2.93. The van der Waals surface area contributed by atoms with Gasteiger partial charge in [-0.25, -0.2) is 4.79 Å². The summed E-state index contributed by atoms with van der Waals surface area (Å²) in [6.07, 6.45) is 0.0624. The molecule has 1 unspecified atom stereocenters. The molecule has 2 saturated heterocycles. The number of nitrogens with one attached hydrogen (secondary N) is 1. The number of benzene rings is 1. The molecular weight excluding hydrogens is 382 g/mol. The molecule has 3 heterocycles. The summed E-state index contributed by atoms with van der Waals surface area (Å²) in [5.74, 6) is -1.83. The second-order valence-electron chi connectivity index (χ2n) is 7.24. The predicted octanol–water partition coefficient (Wildman–Crippen LogP) is 0.609. The number of hydrogen-bond acceptors (Lipinski definition) is 6. The first-order valence-corrected chi connectivity index (χ1v) is 9.35. The number of fused-ring (bicyclic) bond motifs is 1. The van der Waals surface area contributed by atoms with Gasteiger partial charge in [0.15, 0.2) is 0 Å². The topological polar surface area (TPSA) is 133 Å². The van der Waals surface area contributed by atoms with Gasteiger partial charge in [-0.15, -0.1) is 0 Å². The largest absolute Gasteiger partial charge is 0.490 e. The van der Waals surface area contributed by atoms with Crippen LogP contribution in [0.25, 0.3) is 0 Å². The summed E-state index contributed by atoms with van der Waals surface area (Å²) in [6, 6.07) is 3.54. The molecular formula is C19H19N3O7. The van der Waals surface area contributed by atoms with Crippen molar-refractivity contribution in [2.75, 3.05) is 13.1 Å². The Labute approximate surface area is 165 Å². The number of imide groups is 2. The van der Waals surface area contributed by atoms with Crippen LogP contribution in [-0.4, -0.2) is 69.9 Å². The molecule has 10 nitrogen and oxygen atoms in total. The zero-order chi connectivity index (χ0) is 20.7. The van der Waals surface area contributed by atoms with E-state index in [0.717, 1.165) is 4.90 Å². The molecule has 29 heavy (non-hydrogen) atoms. The van der Waals surface area contributed by atoms with E-state index in [1.54, 1.807) is 6.07 Å². The Bertz CT molecular complexity index is 920. The van der Waals surface area contributed by atoms with Crippen molar-refractivity contribution in [1.82, 2.24) is 15.1 Å². The first-order valence-electron chi connectivity index (χ1n) is 9.35. The molecule has 2 N–H and O–H groups in total. The number of likely N-dealkylation sites (tertiary alicyclic amines) is 1. The molecule has 0 aliphatic carbocycles. The predicted molar refractivity (Wildman–Crippen MR) is 96.4 cm³/mol. The van der Waals surface area contributed by atoms with E-state index in [0.29, 0.717) is 31.7 Å². The lowest BCUT2D eigenvalue weighted by Gasteiger charge is -2.30. The van der Waals surface area contributed by atoms with E-state index >= 15 is 0 Å². The lowest BCUT2D eigenvalue weighted by atomic mass is 10.0. The number of rotatable bonds is 3. The monoisotopic (exact) mass is 401 g/mol. The van der Waals surface area contributed by atoms with Crippen molar-refractivity contribution in [2.45, 2.75) is 37.8 Å². The first kappa shape index (κ1) is 18.9. The molecule has 0 aromatic heterocycles. The Kier molecular flexibility index (Phi) is 4.69. The number of nitrogens with zero attached hydrogens (tertiary/aromatic N) is 2. The molecule has 5 amide bonds. The normalized spacial score (nSPS) is 22.6. The Morgan fingerprint density at radius 2 is 1.72 bits per heavy atom. The number of piperidine rings is 2. The third kappa shape index (κ3) is 3.41. The van der Waals surface area contributed by atoms with E-state index in [-0.39, 0.29) is 30.1 Å². The van der Waals surface area contributed by atoms with Crippen molar-refractivity contribution in [1.29, 1.82) is 0 Å². The van der Waals surface area contributed by atoms with Crippen LogP contribution in [0.5, 0.6) is 5.75 Å². The zero-order valence-corrected chi connectivity index (χ0v) is 15.4. The Hall–Kier alpha value is -3.43. The highest BCUT2D eigenvalue weighted by molar-refractivity contribution is 6.23. The second-order valence-corrected chi connectivity index (χ2v) is 7.24. The van der Waals surface area contributed by atoms with Gasteiger partial charge in [0.25, 0.3) is 11.8 Å². The van der Waals surface area contributed by atoms with E-state index in [1.807, 2.05) is 0 Å². The number of carbonyl (C=O) groups is 5. The van der Waals surface area contributed by atoms with Crippen molar-refractivity contribution < 1.29 is 33.8 Å². The van der Waals surface area contributed by atoms with Crippen LogP contribution in [0.1, 0.15) is 46.4 Å². The quantitative estimate of drug-likeness (QED) is 0.709. The second kappa shape index (κ2) is 7.19. The molecule has 0 saturated carbocycles. The number of ether oxygens (including phenoxy) is 1. The summed E-state index contributed by atoms with van der Waals surface area (Å²) >= 11 is 0. The molecule has 3 aliphatic rings. The minimum absolute atomic E-state index is 0.0627. The molecule has 152 valence electrons. The average molecular weight is 401 g/mol. The standard InChI is InChI=1S/C19H19N3O7/c23-15-4-3-14(16(24)20-15)22-17(25)12-2-1-11(9-13(12)18(22)26)29-10-5-7-21(8-6-10)19(27)28/h1-2,9-10,14H,3-8H2,(H,27,28)(H,20,23,24). The highest BCUT2D eigenvalue weighted by atomic mass is 16.5. The molecule has 4 rings (SSSR count). The number of amides is 5. The van der Waals surface area contributed by atoms with E-state index in [1.165, 1.54) is 17.0 Å². The summed E-state index contributed by atoms with van der Waals surface area (Å²) in [5, 5.41) is 11.2. The van der Waals surface area contributed by atoms with Crippen LogP contribution in [0.4, 0.5) is 4.79 Å². The third-order valence-electron chi connectivity index (χ3n) is 5.43. The number of hydrogen-bond donors (Lipinski definition) is 2. The lowest BCUT2D eigenvalue weighted by Crippen LogP contribution is -2.54. The molecule has 3 aliphatic heterocycles. The van der Waals surface area contributed by atoms with Crippen molar-refractivity contribution in [2.24, 2.45) is 0 Å². The maximum Gasteiger partial charge on any atom is 0.407 e. The first-order chi connectivity index (χ1) is 13.8. The molecule has 1 atom stereocenters. The van der Waals surface area contributed by atoms with E-state index < -0.39 is 35.8 Å². The molecule has 1 aromatic rings. The van der Waals surface area contributed by atoms with E-state index in [4.69, 9.17) is 9.84 Å². The van der Waals surface area contributed by atoms with Gasteiger partial charge in [-0.1, -0.05) is 0 Å². The van der Waals surface area contributed by atoms with Gasteiger partial charge in [-0.3, -0.25) is 29.4 Å². The van der Waals surface area contributed by atoms with E-state index in [2.05, 4.69) is 5.32 Å². The van der Waals surface area contributed by atoms with E-state index in [9.17, 15) is 24.0 Å². The maximum absolute atomic E-state index is 12.8. The highest BCUT2D eigenvalue weighted by Crippen LogP contribution is 2.31. The highest BCUT2D eigenvalue weighted by Gasteiger charge is 2.44. The molecule has 2 fully saturated rings. The SMILES string of the molecule is O=C1CCC(N2C(=O)c3ccc(OC4CCN(C(=O)O)CC4)cc3C2=O)C(=O)N1. The van der Waals surface area contributed by atoms with Crippen molar-refractivity contribution >= 4 is 29.7 Å². The smallest absolute Gasteiger partial charge is 0.407 e. The molecule has 0 spiro atoms. The lowest BCUT2D eigenvalue weighted by molar-refractivity contribution is -0.136. The maximum atomic E-state index is 12.8. The van der Waals surface area contributed by atoms with Crippen LogP contribution in [0, 0.1) is 0 Å². The Balaban J connectivity index is 1.48. The molecule has 0 radical (unpaired) electrons. The minimum atomic E-state index is -1.01. The minimum Gasteiger partial charge on any atom is -0.490 e. The van der Waals surface area contributed by atoms with Crippen LogP contribution in [0.3, 0.4) is 0 Å². The summed E-state index contributed by atoms with van der Waals surface area (Å²) in [7, 11) is 0. The van der Waals surface area contributed by atoms with Gasteiger partial charge in [0.2, 0.25) is 11.8 Å². The van der Waals surface area contributed by atoms with Crippen LogP contribution < -0.4 is 10.1 Å². The van der Waals surface area contributed by atoms with Gasteiger partial charge < -0.3 is 14.7 Å². The zero-order valence-electron chi connectivity index (χ0n) is 15.4. The van der Waals surface area contributed by atoms with Crippen LogP contribution in [0.15, 0.2) is 18.2 Å². The fourth-order valence-electron chi connectivity index (χ4n) is 3.88.